The van der Waals surface area contributed by atoms with Crippen molar-refractivity contribution >= 4 is 108 Å². The number of carbonyl (C=O) groups is 3. The highest BCUT2D eigenvalue weighted by Gasteiger charge is 2.36. The zero-order chi connectivity index (χ0) is 75.2. The van der Waals surface area contributed by atoms with Crippen molar-refractivity contribution in [3.05, 3.63) is 212 Å². The molecule has 3 unspecified atom stereocenters. The molecule has 109 heavy (non-hydrogen) atoms. The van der Waals surface area contributed by atoms with Gasteiger partial charge in [-0.2, -0.15) is 13.2 Å². The second kappa shape index (κ2) is 35.3. The van der Waals surface area contributed by atoms with Crippen molar-refractivity contribution in [2.75, 3.05) is 53.4 Å². The number of fused-ring (bicyclic) bond motifs is 3. The molecule has 6 aromatic heterocycles. The number of likely N-dealkylation sites (tertiary alicyclic amines) is 2. The molecule has 9 heterocycles. The van der Waals surface area contributed by atoms with Crippen LogP contribution in [0.1, 0.15) is 144 Å². The first-order valence-corrected chi connectivity index (χ1v) is 38.1. The number of carbonyl (C=O) groups excluding carboxylic acids is 3. The maximum Gasteiger partial charge on any atom is 0.416 e. The fourth-order valence-electron chi connectivity index (χ4n) is 13.1. The van der Waals surface area contributed by atoms with Crippen LogP contribution in [0.25, 0.3) is 48.1 Å². The molecule has 6 aromatic carbocycles. The lowest BCUT2D eigenvalue weighted by atomic mass is 10.0. The Kier molecular flexibility index (Phi) is 26.0. The molecule has 3 saturated heterocycles. The number of nitrogens with zero attached hydrogens (tertiary/aromatic N) is 8. The van der Waals surface area contributed by atoms with Crippen LogP contribution in [0.2, 0.25) is 10.0 Å². The van der Waals surface area contributed by atoms with E-state index in [9.17, 15) is 27.6 Å². The number of rotatable bonds is 21. The van der Waals surface area contributed by atoms with E-state index in [-0.39, 0.29) is 61.6 Å². The average molecular weight is 1580 g/mol. The van der Waals surface area contributed by atoms with E-state index in [0.29, 0.717) is 42.0 Å². The van der Waals surface area contributed by atoms with Gasteiger partial charge in [-0.25, -0.2) is 15.0 Å². The average Bonchev–Trinajstić information content (AvgIpc) is 1.66. The molecule has 7 N–H and O–H groups in total. The van der Waals surface area contributed by atoms with E-state index in [0.717, 1.165) is 161 Å². The van der Waals surface area contributed by atoms with Gasteiger partial charge in [-0.1, -0.05) is 92.7 Å². The molecule has 15 rings (SSSR count). The minimum atomic E-state index is -4.54. The number of nitrogens with two attached hydrogens (primary N) is 3. The Morgan fingerprint density at radius 1 is 0.468 bits per heavy atom. The third kappa shape index (κ3) is 19.0. The number of ether oxygens (including phenoxy) is 6. The van der Waals surface area contributed by atoms with E-state index in [2.05, 4.69) is 44.2 Å². The first-order chi connectivity index (χ1) is 51.5. The van der Waals surface area contributed by atoms with E-state index >= 15 is 0 Å². The van der Waals surface area contributed by atoms with Crippen molar-refractivity contribution in [3.63, 3.8) is 0 Å². The Morgan fingerprint density at radius 3 is 1.11 bits per heavy atom. The highest BCUT2D eigenvalue weighted by atomic mass is 35.5. The maximum atomic E-state index is 13.5. The Hall–Kier alpha value is -9.71. The molecule has 12 aromatic rings. The Bertz CT molecular complexity index is 5150. The van der Waals surface area contributed by atoms with E-state index in [1.807, 2.05) is 138 Å². The van der Waals surface area contributed by atoms with Gasteiger partial charge in [0, 0.05) is 89.3 Å². The molecule has 3 aliphatic rings. The van der Waals surface area contributed by atoms with Gasteiger partial charge in [0.25, 0.3) is 17.7 Å². The normalized spacial score (nSPS) is 15.5. The molecule has 21 nitrogen and oxygen atoms in total. The lowest BCUT2D eigenvalue weighted by molar-refractivity contribution is -0.139. The fraction of sp³-hybridized carbons (Fsp3) is 0.325. The predicted molar refractivity (Wildman–Crippen MR) is 426 cm³/mol. The number of benzene rings is 6. The lowest BCUT2D eigenvalue weighted by Crippen LogP contribution is -2.35. The van der Waals surface area contributed by atoms with Crippen molar-refractivity contribution in [2.24, 2.45) is 17.2 Å². The highest BCUT2D eigenvalue weighted by molar-refractivity contribution is 7.17. The van der Waals surface area contributed by atoms with E-state index in [1.165, 1.54) is 47.8 Å². The lowest BCUT2D eigenvalue weighted by Gasteiger charge is -2.29. The summed E-state index contributed by atoms with van der Waals surface area (Å²) in [6.45, 7) is 11.2. The van der Waals surface area contributed by atoms with Crippen LogP contribution in [0.15, 0.2) is 165 Å². The van der Waals surface area contributed by atoms with Crippen LogP contribution in [-0.4, -0.2) is 128 Å². The van der Waals surface area contributed by atoms with Gasteiger partial charge >= 0.3 is 6.18 Å². The van der Waals surface area contributed by atoms with Gasteiger partial charge in [0.2, 0.25) is 0 Å². The van der Waals surface area contributed by atoms with Crippen molar-refractivity contribution in [1.29, 1.82) is 0 Å². The van der Waals surface area contributed by atoms with Crippen molar-refractivity contribution in [1.82, 2.24) is 43.8 Å². The molecule has 3 amide bonds. The van der Waals surface area contributed by atoms with Gasteiger partial charge in [-0.3, -0.25) is 28.1 Å². The zero-order valence-electron chi connectivity index (χ0n) is 59.1. The predicted octanol–water partition coefficient (Wildman–Crippen LogP) is 17.7. The molecular weight excluding hydrogens is 1500 g/mol. The van der Waals surface area contributed by atoms with Gasteiger partial charge in [-0.15, -0.1) is 34.0 Å². The quantitative estimate of drug-likeness (QED) is 0.0522. The third-order valence-corrected chi connectivity index (χ3v) is 22.9. The number of thiophene rings is 3. The minimum absolute atomic E-state index is 0. The first kappa shape index (κ1) is 80.3. The van der Waals surface area contributed by atoms with Crippen LogP contribution in [0, 0.1) is 0 Å². The molecule has 0 bridgehead atoms. The van der Waals surface area contributed by atoms with Crippen LogP contribution in [0.4, 0.5) is 13.2 Å². The van der Waals surface area contributed by atoms with Gasteiger partial charge in [-0.05, 0) is 141 Å². The Labute approximate surface area is 652 Å². The van der Waals surface area contributed by atoms with Crippen LogP contribution < -0.4 is 50.9 Å². The fourth-order valence-corrected chi connectivity index (χ4v) is 16.5. The molecule has 574 valence electrons. The molecule has 0 saturated carbocycles. The summed E-state index contributed by atoms with van der Waals surface area (Å²) in [7, 11) is 4.23. The van der Waals surface area contributed by atoms with Crippen molar-refractivity contribution in [3.8, 4) is 49.5 Å². The summed E-state index contributed by atoms with van der Waals surface area (Å²) in [6.07, 6.45) is 5.23. The SMILES string of the molecule is C.C.CC(Oc1cc(-n2cnc3ccc(OC4CCN(C)CC4)cc32)sc1C(N)=O)c1ccccc1C(F)(F)F.CC(Oc1cc(-n2cnc3ccc(OC4CCN(C)CC4)cc32)sc1C(N)=O)c1ccccc1Cl.CC(Oc1cc(-n2cnc3ccc(OC4CCNCC4)cc32)sc1C(N)=O)c1ccccc1Cl. The van der Waals surface area contributed by atoms with Gasteiger partial charge < -0.3 is 60.7 Å². The van der Waals surface area contributed by atoms with E-state index in [1.54, 1.807) is 29.6 Å². The molecule has 3 fully saturated rings. The summed E-state index contributed by atoms with van der Waals surface area (Å²) in [5, 5.41) is 6.70. The number of amides is 3. The molecule has 3 atom stereocenters. The molecule has 0 spiro atoms. The Balaban J connectivity index is 0.000000161. The summed E-state index contributed by atoms with van der Waals surface area (Å²) in [4.78, 5) is 55.6. The van der Waals surface area contributed by atoms with E-state index in [4.69, 9.17) is 68.8 Å². The Morgan fingerprint density at radius 2 is 0.780 bits per heavy atom. The first-order valence-electron chi connectivity index (χ1n) is 34.9. The number of piperidine rings is 3. The van der Waals surface area contributed by atoms with E-state index < -0.39 is 35.6 Å². The molecule has 0 radical (unpaired) electrons. The number of hydrogen-bond donors (Lipinski definition) is 4. The molecular formula is C80H87Cl2F3N12O9S3. The monoisotopic (exact) mass is 1580 g/mol. The smallest absolute Gasteiger partial charge is 0.416 e. The zero-order valence-corrected chi connectivity index (χ0v) is 63.1. The molecule has 3 aliphatic heterocycles. The van der Waals surface area contributed by atoms with Gasteiger partial charge in [0.15, 0.2) is 0 Å². The summed E-state index contributed by atoms with van der Waals surface area (Å²) < 4.78 is 83.2. The van der Waals surface area contributed by atoms with Gasteiger partial charge in [0.05, 0.1) is 38.7 Å². The van der Waals surface area contributed by atoms with Crippen LogP contribution in [0.5, 0.6) is 34.5 Å². The number of aromatic nitrogens is 6. The number of imidazole rings is 3. The minimum Gasteiger partial charge on any atom is -0.490 e. The summed E-state index contributed by atoms with van der Waals surface area (Å²) in [5.74, 6) is 1.46. The number of hydrogen-bond acceptors (Lipinski definition) is 18. The van der Waals surface area contributed by atoms with Crippen molar-refractivity contribution in [2.45, 2.75) is 117 Å². The second-order valence-corrected chi connectivity index (χ2v) is 30.3. The molecule has 29 heteroatoms. The number of halogens is 5. The highest BCUT2D eigenvalue weighted by Crippen LogP contribution is 2.43. The summed E-state index contributed by atoms with van der Waals surface area (Å²) in [6, 6.07) is 42.8. The standard InChI is InChI=1S/C27H27F3N4O3S.C26H27ClN4O3S.C25H25ClN4O3S.2CH4/c1-16(19-5-3-4-6-20(19)27(28,29)30)36-23-14-24(38-25(23)26(31)35)34-15-32-21-8-7-18(13-22(21)34)37-17-9-11-33(2)12-10-17;1-16(19-5-3-4-6-20(19)27)33-23-14-24(35-25(23)26(28)32)31-15-29-21-8-7-18(13-22(21)31)34-17-9-11-30(2)12-10-17;1-15(18-4-2-3-5-19(18)26)32-22-13-23(34-24(22)25(27)31)30-14-29-20-7-6-17(12-21(20)30)33-16-8-10-28-11-9-16;;/h3-8,13-17H,9-12H2,1-2H3,(H2,31,35);3-8,13-17H,9-12H2,1-2H3,(H2,28,32);2-7,12-16,28H,8-11H2,1H3,(H2,27,31);2*1H4. The molecule has 0 aliphatic carbocycles. The number of alkyl halides is 3. The van der Waals surface area contributed by atoms with Crippen LogP contribution in [0.3, 0.4) is 0 Å². The number of nitrogens with one attached hydrogen (secondary N) is 1. The second-order valence-electron chi connectivity index (χ2n) is 26.4. The van der Waals surface area contributed by atoms with Crippen LogP contribution in [-0.2, 0) is 6.18 Å². The van der Waals surface area contributed by atoms with Gasteiger partial charge in [0.1, 0.15) is 120 Å². The largest absolute Gasteiger partial charge is 0.490 e. The summed E-state index contributed by atoms with van der Waals surface area (Å²) in [5.41, 5.74) is 22.7. The third-order valence-electron chi connectivity index (χ3n) is 18.8. The maximum absolute atomic E-state index is 13.5. The summed E-state index contributed by atoms with van der Waals surface area (Å²) >= 11 is 16.3. The number of primary amides is 3. The van der Waals surface area contributed by atoms with Crippen molar-refractivity contribution < 1.29 is 56.0 Å². The van der Waals surface area contributed by atoms with Crippen LogP contribution >= 0.6 is 57.2 Å². The topological polar surface area (TPSA) is 257 Å².